The summed E-state index contributed by atoms with van der Waals surface area (Å²) in [7, 11) is 0. The number of hydrogen-bond donors (Lipinski definition) is 0. The highest BCUT2D eigenvalue weighted by Crippen LogP contribution is 2.54. The van der Waals surface area contributed by atoms with Crippen molar-refractivity contribution in [2.45, 2.75) is 19.6 Å². The highest BCUT2D eigenvalue weighted by Gasteiger charge is 2.24. The zero-order valence-electron chi connectivity index (χ0n) is 17.0. The summed E-state index contributed by atoms with van der Waals surface area (Å²) in [5, 5.41) is 3.28. The Balaban J connectivity index is 1.61. The zero-order chi connectivity index (χ0) is 21.5. The standard InChI is InChI=1S/C28H18ClNS2/c29-19-15-16-25-26(17-19)32-28-23-14-8-7-13-22(23)24(18-27(28)31-25)30(20-9-3-1-4-10-20)21-11-5-2-6-12-21/h1-18H. The highest BCUT2D eigenvalue weighted by molar-refractivity contribution is 8.05. The van der Waals surface area contributed by atoms with Crippen LogP contribution in [0, 0.1) is 0 Å². The van der Waals surface area contributed by atoms with E-state index in [1.54, 1.807) is 0 Å². The molecule has 0 saturated carbocycles. The number of benzene rings is 5. The van der Waals surface area contributed by atoms with Crippen LogP contribution in [0.1, 0.15) is 0 Å². The lowest BCUT2D eigenvalue weighted by atomic mass is 10.1. The summed E-state index contributed by atoms with van der Waals surface area (Å²) in [4.78, 5) is 7.39. The molecule has 0 aromatic heterocycles. The number of anilines is 3. The van der Waals surface area contributed by atoms with Gasteiger partial charge in [0.15, 0.2) is 0 Å². The Bertz CT molecular complexity index is 1400. The van der Waals surface area contributed by atoms with Gasteiger partial charge in [0, 0.05) is 41.4 Å². The van der Waals surface area contributed by atoms with E-state index < -0.39 is 0 Å². The van der Waals surface area contributed by atoms with E-state index in [0.717, 1.165) is 16.4 Å². The third-order valence-electron chi connectivity index (χ3n) is 5.55. The van der Waals surface area contributed by atoms with Crippen LogP contribution in [-0.2, 0) is 0 Å². The van der Waals surface area contributed by atoms with Gasteiger partial charge < -0.3 is 4.90 Å². The van der Waals surface area contributed by atoms with Gasteiger partial charge in [-0.25, -0.2) is 0 Å². The molecule has 5 aromatic rings. The van der Waals surface area contributed by atoms with E-state index in [4.69, 9.17) is 11.6 Å². The second-order valence-electron chi connectivity index (χ2n) is 7.57. The van der Waals surface area contributed by atoms with Crippen LogP contribution >= 0.6 is 35.1 Å². The Morgan fingerprint density at radius 3 is 1.84 bits per heavy atom. The monoisotopic (exact) mass is 467 g/mol. The van der Waals surface area contributed by atoms with Crippen LogP contribution in [0.3, 0.4) is 0 Å². The fourth-order valence-corrected chi connectivity index (χ4v) is 6.79. The predicted molar refractivity (Wildman–Crippen MR) is 138 cm³/mol. The minimum absolute atomic E-state index is 0.778. The van der Waals surface area contributed by atoms with E-state index >= 15 is 0 Å². The van der Waals surface area contributed by atoms with Crippen molar-refractivity contribution < 1.29 is 0 Å². The normalized spacial score (nSPS) is 12.3. The summed E-state index contributed by atoms with van der Waals surface area (Å²) in [5.74, 6) is 0. The maximum absolute atomic E-state index is 6.30. The van der Waals surface area contributed by atoms with E-state index in [1.165, 1.54) is 36.0 Å². The van der Waals surface area contributed by atoms with Crippen LogP contribution < -0.4 is 4.90 Å². The van der Waals surface area contributed by atoms with Gasteiger partial charge in [0.1, 0.15) is 0 Å². The van der Waals surface area contributed by atoms with E-state index in [1.807, 2.05) is 29.6 Å². The first-order valence-electron chi connectivity index (χ1n) is 10.4. The minimum atomic E-state index is 0.778. The van der Waals surface area contributed by atoms with Crippen LogP contribution in [0.5, 0.6) is 0 Å². The van der Waals surface area contributed by atoms with Crippen molar-refractivity contribution in [2.24, 2.45) is 0 Å². The van der Waals surface area contributed by atoms with Crippen molar-refractivity contribution in [1.82, 2.24) is 0 Å². The molecule has 0 bridgehead atoms. The van der Waals surface area contributed by atoms with Gasteiger partial charge in [0.2, 0.25) is 0 Å². The number of rotatable bonds is 3. The number of nitrogens with zero attached hydrogens (tertiary/aromatic N) is 1. The van der Waals surface area contributed by atoms with Crippen molar-refractivity contribution >= 4 is 63.0 Å². The van der Waals surface area contributed by atoms with E-state index in [2.05, 4.69) is 108 Å². The van der Waals surface area contributed by atoms with E-state index in [-0.39, 0.29) is 0 Å². The van der Waals surface area contributed by atoms with Crippen molar-refractivity contribution in [3.05, 3.63) is 114 Å². The molecule has 0 saturated heterocycles. The first-order valence-corrected chi connectivity index (χ1v) is 12.4. The van der Waals surface area contributed by atoms with E-state index in [9.17, 15) is 0 Å². The molecule has 32 heavy (non-hydrogen) atoms. The van der Waals surface area contributed by atoms with Gasteiger partial charge >= 0.3 is 0 Å². The Morgan fingerprint density at radius 2 is 1.16 bits per heavy atom. The Labute approximate surface area is 201 Å². The molecule has 0 amide bonds. The second-order valence-corrected chi connectivity index (χ2v) is 10.1. The molecule has 0 fully saturated rings. The molecule has 154 valence electrons. The SMILES string of the molecule is Clc1ccc2c(c1)Sc1c(cc(N(c3ccccc3)c3ccccc3)c3ccccc13)S2. The first kappa shape index (κ1) is 19.8. The molecule has 0 aliphatic carbocycles. The fourth-order valence-electron chi connectivity index (χ4n) is 4.13. The Hall–Kier alpha value is -2.85. The first-order chi connectivity index (χ1) is 15.8. The molecule has 0 unspecified atom stereocenters. The second kappa shape index (κ2) is 8.25. The third kappa shape index (κ3) is 3.47. The molecule has 0 N–H and O–H groups in total. The number of halogens is 1. The molecular formula is C28H18ClNS2. The van der Waals surface area contributed by atoms with Crippen LogP contribution in [0.15, 0.2) is 129 Å². The molecule has 1 nitrogen and oxygen atoms in total. The van der Waals surface area contributed by atoms with Gasteiger partial charge in [-0.1, -0.05) is 95.8 Å². The van der Waals surface area contributed by atoms with Crippen molar-refractivity contribution in [1.29, 1.82) is 0 Å². The maximum Gasteiger partial charge on any atom is 0.0552 e. The molecular weight excluding hydrogens is 450 g/mol. The zero-order valence-corrected chi connectivity index (χ0v) is 19.4. The summed E-state index contributed by atoms with van der Waals surface area (Å²) in [6.45, 7) is 0. The molecule has 4 heteroatoms. The largest absolute Gasteiger partial charge is 0.310 e. The van der Waals surface area contributed by atoms with Crippen molar-refractivity contribution in [2.75, 3.05) is 4.90 Å². The molecule has 6 rings (SSSR count). The topological polar surface area (TPSA) is 3.24 Å². The smallest absolute Gasteiger partial charge is 0.0552 e. The quantitative estimate of drug-likeness (QED) is 0.255. The molecule has 0 atom stereocenters. The fraction of sp³-hybridized carbons (Fsp3) is 0. The summed E-state index contributed by atoms with van der Waals surface area (Å²) in [6.07, 6.45) is 0. The van der Waals surface area contributed by atoms with Crippen LogP contribution in [-0.4, -0.2) is 0 Å². The van der Waals surface area contributed by atoms with Crippen LogP contribution in [0.25, 0.3) is 10.8 Å². The average Bonchev–Trinajstić information content (AvgIpc) is 2.85. The number of para-hydroxylation sites is 2. The highest BCUT2D eigenvalue weighted by atomic mass is 35.5. The summed E-state index contributed by atoms with van der Waals surface area (Å²) in [5.41, 5.74) is 3.47. The molecule has 1 heterocycles. The number of hydrogen-bond acceptors (Lipinski definition) is 3. The predicted octanol–water partition coefficient (Wildman–Crippen LogP) is 9.58. The summed E-state index contributed by atoms with van der Waals surface area (Å²) in [6, 6.07) is 38.4. The van der Waals surface area contributed by atoms with Gasteiger partial charge in [-0.2, -0.15) is 0 Å². The van der Waals surface area contributed by atoms with Crippen molar-refractivity contribution in [3.63, 3.8) is 0 Å². The lowest BCUT2D eigenvalue weighted by molar-refractivity contribution is 1.17. The van der Waals surface area contributed by atoms with Gasteiger partial charge in [0.05, 0.1) is 5.69 Å². The Morgan fingerprint density at radius 1 is 0.531 bits per heavy atom. The summed E-state index contributed by atoms with van der Waals surface area (Å²) < 4.78 is 0. The van der Waals surface area contributed by atoms with Gasteiger partial charge in [-0.05, 0) is 53.9 Å². The molecule has 1 aliphatic rings. The molecule has 0 spiro atoms. The van der Waals surface area contributed by atoms with Crippen LogP contribution in [0.2, 0.25) is 5.02 Å². The average molecular weight is 468 g/mol. The Kier molecular flexibility index (Phi) is 5.11. The van der Waals surface area contributed by atoms with Gasteiger partial charge in [-0.3, -0.25) is 0 Å². The van der Waals surface area contributed by atoms with Crippen molar-refractivity contribution in [3.8, 4) is 0 Å². The lowest BCUT2D eigenvalue weighted by Gasteiger charge is -2.29. The minimum Gasteiger partial charge on any atom is -0.310 e. The van der Waals surface area contributed by atoms with E-state index in [0.29, 0.717) is 0 Å². The van der Waals surface area contributed by atoms with Crippen LogP contribution in [0.4, 0.5) is 17.1 Å². The molecule has 0 radical (unpaired) electrons. The molecule has 5 aromatic carbocycles. The number of fused-ring (bicyclic) bond motifs is 4. The lowest BCUT2D eigenvalue weighted by Crippen LogP contribution is -2.11. The molecule has 1 aliphatic heterocycles. The summed E-state index contributed by atoms with van der Waals surface area (Å²) >= 11 is 9.93. The van der Waals surface area contributed by atoms with Gasteiger partial charge in [-0.15, -0.1) is 0 Å². The maximum atomic E-state index is 6.30. The van der Waals surface area contributed by atoms with Gasteiger partial charge in [0.25, 0.3) is 0 Å². The third-order valence-corrected chi connectivity index (χ3v) is 8.36.